The molecule has 1 aliphatic heterocycles. The molecular formula is C28H21F4N5O2. The number of alkyl halides is 3. The monoisotopic (exact) mass is 535 g/mol. The van der Waals surface area contributed by atoms with Crippen molar-refractivity contribution in [2.24, 2.45) is 0 Å². The molecule has 0 bridgehead atoms. The van der Waals surface area contributed by atoms with Gasteiger partial charge in [0.2, 0.25) is 5.91 Å². The lowest BCUT2D eigenvalue weighted by Gasteiger charge is -2.30. The molecule has 0 fully saturated rings. The maximum absolute atomic E-state index is 14.3. The summed E-state index contributed by atoms with van der Waals surface area (Å²) in [7, 11) is 1.35. The maximum atomic E-state index is 14.3. The van der Waals surface area contributed by atoms with Gasteiger partial charge in [-0.2, -0.15) is 13.2 Å². The van der Waals surface area contributed by atoms with E-state index in [1.165, 1.54) is 24.1 Å². The maximum Gasteiger partial charge on any atom is 0.419 e. The molecule has 39 heavy (non-hydrogen) atoms. The summed E-state index contributed by atoms with van der Waals surface area (Å²) in [4.78, 5) is 29.6. The number of nitrogens with one attached hydrogen (secondary N) is 3. The van der Waals surface area contributed by atoms with Crippen molar-refractivity contribution in [2.75, 3.05) is 22.6 Å². The number of rotatable bonds is 6. The molecule has 5 rings (SSSR count). The number of nitrogens with zero attached hydrogens (tertiary/aromatic N) is 2. The smallest absolute Gasteiger partial charge is 0.355 e. The number of fused-ring (bicyclic) bond motifs is 1. The third kappa shape index (κ3) is 5.24. The van der Waals surface area contributed by atoms with Crippen LogP contribution in [0.25, 0.3) is 0 Å². The number of hydrogen-bond acceptors (Lipinski definition) is 5. The van der Waals surface area contributed by atoms with Gasteiger partial charge in [-0.15, -0.1) is 0 Å². The SMILES string of the molecule is CNC(=O)c1cc(F)ccc1N(c1ccccc1)c1cc(Nc2ccc3c(c2)NC(=O)C3)ncc1C(F)(F)F. The minimum absolute atomic E-state index is 0.0323. The molecule has 0 saturated heterocycles. The Morgan fingerprint density at radius 1 is 1.00 bits per heavy atom. The molecule has 2 heterocycles. The van der Waals surface area contributed by atoms with E-state index in [0.717, 1.165) is 17.7 Å². The van der Waals surface area contributed by atoms with E-state index in [1.807, 2.05) is 0 Å². The Kier molecular flexibility index (Phi) is 6.65. The number of aromatic nitrogens is 1. The minimum atomic E-state index is -4.81. The number of benzene rings is 3. The first-order valence-electron chi connectivity index (χ1n) is 11.8. The Hall–Kier alpha value is -4.93. The van der Waals surface area contributed by atoms with Crippen LogP contribution < -0.4 is 20.9 Å². The summed E-state index contributed by atoms with van der Waals surface area (Å²) < 4.78 is 57.1. The van der Waals surface area contributed by atoms with Gasteiger partial charge in [0.05, 0.1) is 28.9 Å². The number of carbonyl (C=O) groups is 2. The van der Waals surface area contributed by atoms with E-state index in [9.17, 15) is 27.2 Å². The molecule has 0 aliphatic carbocycles. The molecule has 11 heteroatoms. The molecule has 2 amide bonds. The number of anilines is 6. The summed E-state index contributed by atoms with van der Waals surface area (Å²) in [5, 5.41) is 8.12. The van der Waals surface area contributed by atoms with Crippen LogP contribution in [0.15, 0.2) is 79.0 Å². The van der Waals surface area contributed by atoms with Crippen LogP contribution in [0.4, 0.5) is 51.8 Å². The fourth-order valence-electron chi connectivity index (χ4n) is 4.36. The highest BCUT2D eigenvalue weighted by atomic mass is 19.4. The zero-order chi connectivity index (χ0) is 27.7. The lowest BCUT2D eigenvalue weighted by molar-refractivity contribution is -0.137. The van der Waals surface area contributed by atoms with Gasteiger partial charge >= 0.3 is 6.18 Å². The predicted octanol–water partition coefficient (Wildman–Crippen LogP) is 6.31. The third-order valence-electron chi connectivity index (χ3n) is 6.12. The minimum Gasteiger partial charge on any atom is -0.355 e. The fraction of sp³-hybridized carbons (Fsp3) is 0.107. The standard InChI is InChI=1S/C28H21F4N5O2/c1-33-27(39)20-12-17(29)8-10-23(20)37(19-5-3-2-4-6-19)24-14-25(34-15-21(24)28(30,31)32)35-18-9-7-16-11-26(38)36-22(16)13-18/h2-10,12-15H,11H2,1H3,(H,33,39)(H,34,35)(H,36,38). The zero-order valence-corrected chi connectivity index (χ0v) is 20.4. The van der Waals surface area contributed by atoms with Gasteiger partial charge in [-0.1, -0.05) is 24.3 Å². The molecule has 1 aliphatic rings. The highest BCUT2D eigenvalue weighted by molar-refractivity contribution is 6.02. The molecule has 1 aromatic heterocycles. The molecule has 4 aromatic rings. The van der Waals surface area contributed by atoms with Crippen molar-refractivity contribution in [1.82, 2.24) is 10.3 Å². The van der Waals surface area contributed by atoms with Gasteiger partial charge in [0.25, 0.3) is 5.91 Å². The van der Waals surface area contributed by atoms with Crippen molar-refractivity contribution in [2.45, 2.75) is 12.6 Å². The fourth-order valence-corrected chi connectivity index (χ4v) is 4.36. The number of pyridine rings is 1. The van der Waals surface area contributed by atoms with Crippen molar-refractivity contribution in [3.8, 4) is 0 Å². The summed E-state index contributed by atoms with van der Waals surface area (Å²) in [6.07, 6.45) is -3.86. The molecule has 0 atom stereocenters. The quantitative estimate of drug-likeness (QED) is 0.252. The van der Waals surface area contributed by atoms with Crippen molar-refractivity contribution in [3.05, 3.63) is 102 Å². The highest BCUT2D eigenvalue weighted by Gasteiger charge is 2.37. The van der Waals surface area contributed by atoms with Crippen LogP contribution >= 0.6 is 0 Å². The van der Waals surface area contributed by atoms with Crippen LogP contribution in [-0.2, 0) is 17.4 Å². The third-order valence-corrected chi connectivity index (χ3v) is 6.12. The molecule has 3 aromatic carbocycles. The number of halogens is 4. The van der Waals surface area contributed by atoms with Crippen LogP contribution in [-0.4, -0.2) is 23.8 Å². The summed E-state index contributed by atoms with van der Waals surface area (Å²) in [5.41, 5.74) is 0.678. The van der Waals surface area contributed by atoms with E-state index in [0.29, 0.717) is 23.3 Å². The van der Waals surface area contributed by atoms with E-state index >= 15 is 0 Å². The van der Waals surface area contributed by atoms with E-state index in [-0.39, 0.29) is 35.1 Å². The van der Waals surface area contributed by atoms with Gasteiger partial charge in [-0.05, 0) is 48.0 Å². The first kappa shape index (κ1) is 25.7. The first-order valence-corrected chi connectivity index (χ1v) is 11.8. The van der Waals surface area contributed by atoms with Gasteiger partial charge in [0.1, 0.15) is 11.6 Å². The topological polar surface area (TPSA) is 86.4 Å². The van der Waals surface area contributed by atoms with E-state index < -0.39 is 23.5 Å². The Balaban J connectivity index is 1.68. The average molecular weight is 536 g/mol. The van der Waals surface area contributed by atoms with Crippen LogP contribution in [0.3, 0.4) is 0 Å². The van der Waals surface area contributed by atoms with Gasteiger partial charge in [-0.3, -0.25) is 9.59 Å². The van der Waals surface area contributed by atoms with Crippen LogP contribution in [0.1, 0.15) is 21.5 Å². The molecule has 0 saturated carbocycles. The lowest BCUT2D eigenvalue weighted by atomic mass is 10.1. The Bertz CT molecular complexity index is 1570. The summed E-state index contributed by atoms with van der Waals surface area (Å²) in [6.45, 7) is 0. The lowest BCUT2D eigenvalue weighted by Crippen LogP contribution is -2.23. The summed E-state index contributed by atoms with van der Waals surface area (Å²) in [6, 6.07) is 17.7. The molecule has 3 N–H and O–H groups in total. The summed E-state index contributed by atoms with van der Waals surface area (Å²) in [5.74, 6) is -1.47. The van der Waals surface area contributed by atoms with Gasteiger partial charge in [0, 0.05) is 36.4 Å². The molecule has 0 radical (unpaired) electrons. The Morgan fingerprint density at radius 3 is 2.49 bits per heavy atom. The van der Waals surface area contributed by atoms with Gasteiger partial charge in [-0.25, -0.2) is 9.37 Å². The van der Waals surface area contributed by atoms with Crippen molar-refractivity contribution in [3.63, 3.8) is 0 Å². The van der Waals surface area contributed by atoms with Crippen LogP contribution in [0.2, 0.25) is 0 Å². The second-order valence-electron chi connectivity index (χ2n) is 8.72. The van der Waals surface area contributed by atoms with E-state index in [4.69, 9.17) is 0 Å². The van der Waals surface area contributed by atoms with Crippen molar-refractivity contribution < 1.29 is 27.2 Å². The number of hydrogen-bond donors (Lipinski definition) is 3. The van der Waals surface area contributed by atoms with E-state index in [1.54, 1.807) is 48.5 Å². The van der Waals surface area contributed by atoms with E-state index in [2.05, 4.69) is 20.9 Å². The molecule has 198 valence electrons. The number of para-hydroxylation sites is 1. The average Bonchev–Trinajstić information content (AvgIpc) is 3.28. The predicted molar refractivity (Wildman–Crippen MR) is 139 cm³/mol. The highest BCUT2D eigenvalue weighted by Crippen LogP contribution is 2.45. The van der Waals surface area contributed by atoms with Gasteiger partial charge in [0.15, 0.2) is 0 Å². The Labute approximate surface area is 220 Å². The zero-order valence-electron chi connectivity index (χ0n) is 20.4. The van der Waals surface area contributed by atoms with Crippen LogP contribution in [0.5, 0.6) is 0 Å². The first-order chi connectivity index (χ1) is 18.6. The molecular weight excluding hydrogens is 514 g/mol. The number of amides is 2. The second-order valence-corrected chi connectivity index (χ2v) is 8.72. The molecule has 7 nitrogen and oxygen atoms in total. The van der Waals surface area contributed by atoms with Crippen LogP contribution in [0, 0.1) is 5.82 Å². The number of carbonyl (C=O) groups excluding carboxylic acids is 2. The Morgan fingerprint density at radius 2 is 1.77 bits per heavy atom. The van der Waals surface area contributed by atoms with Gasteiger partial charge < -0.3 is 20.9 Å². The molecule has 0 unspecified atom stereocenters. The normalized spacial score (nSPS) is 12.5. The summed E-state index contributed by atoms with van der Waals surface area (Å²) >= 11 is 0. The molecule has 0 spiro atoms. The van der Waals surface area contributed by atoms with Crippen molar-refractivity contribution in [1.29, 1.82) is 0 Å². The van der Waals surface area contributed by atoms with Crippen molar-refractivity contribution >= 4 is 46.1 Å². The second kappa shape index (κ2) is 10.1. The largest absolute Gasteiger partial charge is 0.419 e.